The predicted molar refractivity (Wildman–Crippen MR) is 104 cm³/mol. The minimum atomic E-state index is -0.117. The third kappa shape index (κ3) is 4.29. The number of carbonyl (C=O) groups is 1. The molecule has 0 saturated carbocycles. The van der Waals surface area contributed by atoms with E-state index in [-0.39, 0.29) is 17.5 Å². The molecule has 2 heterocycles. The van der Waals surface area contributed by atoms with Gasteiger partial charge in [0.05, 0.1) is 23.1 Å². The molecular formula is C18H19N3O2S2. The van der Waals surface area contributed by atoms with Crippen molar-refractivity contribution < 1.29 is 4.79 Å². The molecule has 0 fully saturated rings. The van der Waals surface area contributed by atoms with Crippen LogP contribution in [0, 0.1) is 6.92 Å². The molecule has 0 radical (unpaired) electrons. The van der Waals surface area contributed by atoms with Crippen molar-refractivity contribution in [3.8, 4) is 0 Å². The van der Waals surface area contributed by atoms with Gasteiger partial charge >= 0.3 is 0 Å². The quantitative estimate of drug-likeness (QED) is 0.694. The van der Waals surface area contributed by atoms with Crippen LogP contribution in [0.4, 0.5) is 0 Å². The van der Waals surface area contributed by atoms with Crippen LogP contribution in [0.2, 0.25) is 0 Å². The highest BCUT2D eigenvalue weighted by atomic mass is 32.2. The number of hydrogen-bond donors (Lipinski definition) is 2. The second-order valence-corrected chi connectivity index (χ2v) is 7.69. The molecule has 7 heteroatoms. The summed E-state index contributed by atoms with van der Waals surface area (Å²) in [6, 6.07) is 9.83. The van der Waals surface area contributed by atoms with E-state index in [0.717, 1.165) is 11.1 Å². The van der Waals surface area contributed by atoms with Gasteiger partial charge in [0, 0.05) is 0 Å². The second-order valence-electron chi connectivity index (χ2n) is 5.79. The van der Waals surface area contributed by atoms with E-state index in [9.17, 15) is 9.59 Å². The van der Waals surface area contributed by atoms with Crippen LogP contribution in [-0.2, 0) is 10.5 Å². The Kier molecular flexibility index (Phi) is 5.55. The number of fused-ring (bicyclic) bond motifs is 1. The molecule has 1 amide bonds. The maximum absolute atomic E-state index is 12.1. The summed E-state index contributed by atoms with van der Waals surface area (Å²) in [7, 11) is 0. The molecule has 0 aliphatic heterocycles. The van der Waals surface area contributed by atoms with Crippen LogP contribution in [0.25, 0.3) is 10.2 Å². The molecule has 3 aromatic rings. The predicted octanol–water partition coefficient (Wildman–Crippen LogP) is 3.40. The van der Waals surface area contributed by atoms with E-state index in [4.69, 9.17) is 0 Å². The van der Waals surface area contributed by atoms with Crippen LogP contribution in [-0.4, -0.2) is 21.6 Å². The van der Waals surface area contributed by atoms with Gasteiger partial charge in [0.1, 0.15) is 10.5 Å². The summed E-state index contributed by atoms with van der Waals surface area (Å²) in [6.07, 6.45) is 0. The van der Waals surface area contributed by atoms with Gasteiger partial charge < -0.3 is 10.3 Å². The molecule has 3 rings (SSSR count). The summed E-state index contributed by atoms with van der Waals surface area (Å²) in [6.45, 7) is 4.02. The van der Waals surface area contributed by atoms with Crippen molar-refractivity contribution in [2.24, 2.45) is 0 Å². The Morgan fingerprint density at radius 3 is 2.96 bits per heavy atom. The fraction of sp³-hybridized carbons (Fsp3) is 0.278. The molecular weight excluding hydrogens is 354 g/mol. The van der Waals surface area contributed by atoms with Gasteiger partial charge in [-0.15, -0.1) is 23.1 Å². The summed E-state index contributed by atoms with van der Waals surface area (Å²) < 4.78 is 0.638. The van der Waals surface area contributed by atoms with Gasteiger partial charge in [0.25, 0.3) is 5.56 Å². The summed E-state index contributed by atoms with van der Waals surface area (Å²) in [4.78, 5) is 31.3. The minimum Gasteiger partial charge on any atom is -0.349 e. The number of hydrogen-bond acceptors (Lipinski definition) is 5. The Labute approximate surface area is 153 Å². The average Bonchev–Trinajstić information content (AvgIpc) is 3.04. The van der Waals surface area contributed by atoms with E-state index < -0.39 is 0 Å². The second kappa shape index (κ2) is 7.84. The Balaban J connectivity index is 1.53. The Morgan fingerprint density at radius 2 is 2.16 bits per heavy atom. The van der Waals surface area contributed by atoms with Crippen molar-refractivity contribution in [3.63, 3.8) is 0 Å². The number of aryl methyl sites for hydroxylation is 1. The van der Waals surface area contributed by atoms with Gasteiger partial charge in [-0.2, -0.15) is 0 Å². The first-order valence-corrected chi connectivity index (χ1v) is 9.97. The van der Waals surface area contributed by atoms with E-state index in [1.807, 2.05) is 49.6 Å². The lowest BCUT2D eigenvalue weighted by Gasteiger charge is -2.16. The van der Waals surface area contributed by atoms with Crippen molar-refractivity contribution in [1.82, 2.24) is 15.3 Å². The molecule has 2 aromatic heterocycles. The number of amides is 1. The maximum Gasteiger partial charge on any atom is 0.268 e. The minimum absolute atomic E-state index is 0.0280. The van der Waals surface area contributed by atoms with Crippen molar-refractivity contribution in [1.29, 1.82) is 0 Å². The van der Waals surface area contributed by atoms with Crippen molar-refractivity contribution in [3.05, 3.63) is 63.0 Å². The summed E-state index contributed by atoms with van der Waals surface area (Å²) in [5.74, 6) is 1.38. The van der Waals surface area contributed by atoms with Gasteiger partial charge in [-0.25, -0.2) is 4.98 Å². The first-order valence-electron chi connectivity index (χ1n) is 7.93. The number of aromatic amines is 1. The first kappa shape index (κ1) is 17.7. The summed E-state index contributed by atoms with van der Waals surface area (Å²) in [5.41, 5.74) is 2.87. The molecule has 130 valence electrons. The smallest absolute Gasteiger partial charge is 0.268 e. The molecule has 1 atom stereocenters. The molecule has 2 N–H and O–H groups in total. The standard InChI is InChI=1S/C18H19N3O2S2/c1-11-5-3-4-6-13(11)12(2)19-16(22)10-24-9-15-20-14-7-8-25-17(14)18(23)21-15/h3-8,12H,9-10H2,1-2H3,(H,19,22)(H,20,21,23). The van der Waals surface area contributed by atoms with Gasteiger partial charge in [0.2, 0.25) is 5.91 Å². The topological polar surface area (TPSA) is 74.8 Å². The highest BCUT2D eigenvalue weighted by Crippen LogP contribution is 2.18. The number of nitrogens with one attached hydrogen (secondary N) is 2. The molecule has 0 spiro atoms. The Bertz CT molecular complexity index is 949. The monoisotopic (exact) mass is 373 g/mol. The average molecular weight is 374 g/mol. The zero-order valence-electron chi connectivity index (χ0n) is 14.0. The lowest BCUT2D eigenvalue weighted by atomic mass is 10.0. The van der Waals surface area contributed by atoms with Gasteiger partial charge in [-0.1, -0.05) is 24.3 Å². The van der Waals surface area contributed by atoms with Crippen LogP contribution >= 0.6 is 23.1 Å². The summed E-state index contributed by atoms with van der Waals surface area (Å²) >= 11 is 2.81. The number of carbonyl (C=O) groups excluding carboxylic acids is 1. The van der Waals surface area contributed by atoms with E-state index in [1.54, 1.807) is 0 Å². The summed E-state index contributed by atoms with van der Waals surface area (Å²) in [5, 5.41) is 4.86. The number of nitrogens with zero attached hydrogens (tertiary/aromatic N) is 1. The van der Waals surface area contributed by atoms with Crippen LogP contribution in [0.1, 0.15) is 29.9 Å². The van der Waals surface area contributed by atoms with Crippen LogP contribution in [0.5, 0.6) is 0 Å². The third-order valence-electron chi connectivity index (χ3n) is 3.87. The van der Waals surface area contributed by atoms with E-state index in [1.165, 1.54) is 23.1 Å². The van der Waals surface area contributed by atoms with E-state index in [0.29, 0.717) is 27.5 Å². The molecule has 0 saturated heterocycles. The fourth-order valence-corrected chi connectivity index (χ4v) is 4.09. The number of H-pyrrole nitrogens is 1. The number of benzene rings is 1. The molecule has 25 heavy (non-hydrogen) atoms. The number of rotatable bonds is 6. The molecule has 5 nitrogen and oxygen atoms in total. The van der Waals surface area contributed by atoms with Gasteiger partial charge in [0.15, 0.2) is 0 Å². The van der Waals surface area contributed by atoms with Crippen molar-refractivity contribution in [2.45, 2.75) is 25.6 Å². The molecule has 1 aromatic carbocycles. The van der Waals surface area contributed by atoms with Crippen LogP contribution < -0.4 is 10.9 Å². The lowest BCUT2D eigenvalue weighted by Crippen LogP contribution is -2.28. The molecule has 0 aliphatic rings. The lowest BCUT2D eigenvalue weighted by molar-refractivity contribution is -0.119. The first-order chi connectivity index (χ1) is 12.0. The van der Waals surface area contributed by atoms with Gasteiger partial charge in [-0.05, 0) is 36.4 Å². The Hall–Kier alpha value is -2.12. The number of thioether (sulfide) groups is 1. The highest BCUT2D eigenvalue weighted by Gasteiger charge is 2.12. The third-order valence-corrected chi connectivity index (χ3v) is 5.71. The van der Waals surface area contributed by atoms with E-state index >= 15 is 0 Å². The zero-order valence-corrected chi connectivity index (χ0v) is 15.7. The maximum atomic E-state index is 12.1. The number of aromatic nitrogens is 2. The molecule has 1 unspecified atom stereocenters. The van der Waals surface area contributed by atoms with Gasteiger partial charge in [-0.3, -0.25) is 9.59 Å². The van der Waals surface area contributed by atoms with E-state index in [2.05, 4.69) is 15.3 Å². The molecule has 0 aliphatic carbocycles. The highest BCUT2D eigenvalue weighted by molar-refractivity contribution is 7.99. The van der Waals surface area contributed by atoms with Crippen LogP contribution in [0.15, 0.2) is 40.5 Å². The number of thiophene rings is 1. The molecule has 0 bridgehead atoms. The van der Waals surface area contributed by atoms with Crippen molar-refractivity contribution >= 4 is 39.2 Å². The SMILES string of the molecule is Cc1ccccc1C(C)NC(=O)CSCc1nc2ccsc2c(=O)[nH]1. The fourth-order valence-electron chi connectivity index (χ4n) is 2.66. The normalized spacial score (nSPS) is 12.2. The Morgan fingerprint density at radius 1 is 1.36 bits per heavy atom. The van der Waals surface area contributed by atoms with Crippen molar-refractivity contribution in [2.75, 3.05) is 5.75 Å². The zero-order chi connectivity index (χ0) is 17.8. The largest absolute Gasteiger partial charge is 0.349 e. The van der Waals surface area contributed by atoms with Crippen LogP contribution in [0.3, 0.4) is 0 Å².